The monoisotopic (exact) mass is 430 g/mol. The van der Waals surface area contributed by atoms with E-state index in [1.807, 2.05) is 13.0 Å². The van der Waals surface area contributed by atoms with Gasteiger partial charge in [-0.25, -0.2) is 0 Å². The summed E-state index contributed by atoms with van der Waals surface area (Å²) in [4.78, 5) is 24.5. The van der Waals surface area contributed by atoms with Crippen LogP contribution in [0.4, 0.5) is 0 Å². The number of hydrogen-bond donors (Lipinski definition) is 2. The fourth-order valence-corrected chi connectivity index (χ4v) is 8.43. The summed E-state index contributed by atoms with van der Waals surface area (Å²) < 4.78 is 0. The van der Waals surface area contributed by atoms with Crippen molar-refractivity contribution in [3.8, 4) is 0 Å². The lowest BCUT2D eigenvalue weighted by Crippen LogP contribution is -2.53. The third kappa shape index (κ3) is 3.81. The van der Waals surface area contributed by atoms with Crippen molar-refractivity contribution < 1.29 is 19.8 Å². The van der Waals surface area contributed by atoms with Gasteiger partial charge in [-0.15, -0.1) is 0 Å². The molecule has 0 radical (unpaired) electrons. The van der Waals surface area contributed by atoms with Crippen molar-refractivity contribution in [2.45, 2.75) is 98.0 Å². The molecule has 9 atom stereocenters. The summed E-state index contributed by atoms with van der Waals surface area (Å²) in [6.45, 7) is 9.00. The second-order valence-electron chi connectivity index (χ2n) is 12.0. The van der Waals surface area contributed by atoms with Crippen LogP contribution in [0.1, 0.15) is 91.9 Å². The van der Waals surface area contributed by atoms with Gasteiger partial charge in [0, 0.05) is 5.92 Å². The molecule has 0 amide bonds. The van der Waals surface area contributed by atoms with Crippen LogP contribution in [0.3, 0.4) is 0 Å². The fraction of sp³-hybridized carbons (Fsp3) is 0.852. The summed E-state index contributed by atoms with van der Waals surface area (Å²) in [5, 5.41) is 19.3. The minimum atomic E-state index is -0.689. The van der Waals surface area contributed by atoms with Crippen LogP contribution in [0.2, 0.25) is 0 Å². The van der Waals surface area contributed by atoms with E-state index < -0.39 is 5.97 Å². The van der Waals surface area contributed by atoms with Crippen LogP contribution in [0.5, 0.6) is 0 Å². The van der Waals surface area contributed by atoms with E-state index in [4.69, 9.17) is 5.11 Å². The lowest BCUT2D eigenvalue weighted by molar-refractivity contribution is -0.141. The van der Waals surface area contributed by atoms with E-state index >= 15 is 0 Å². The molecule has 0 bridgehead atoms. The van der Waals surface area contributed by atoms with E-state index in [1.54, 1.807) is 0 Å². The van der Waals surface area contributed by atoms with Gasteiger partial charge in [-0.3, -0.25) is 9.59 Å². The molecule has 0 spiro atoms. The molecule has 4 heteroatoms. The zero-order valence-electron chi connectivity index (χ0n) is 19.9. The molecule has 0 aromatic carbocycles. The fourth-order valence-electron chi connectivity index (χ4n) is 8.43. The van der Waals surface area contributed by atoms with Crippen molar-refractivity contribution in [2.24, 2.45) is 46.3 Å². The van der Waals surface area contributed by atoms with E-state index in [0.29, 0.717) is 35.9 Å². The summed E-state index contributed by atoms with van der Waals surface area (Å²) in [7, 11) is 0. The van der Waals surface area contributed by atoms with Crippen molar-refractivity contribution in [3.63, 3.8) is 0 Å². The second kappa shape index (κ2) is 8.32. The van der Waals surface area contributed by atoms with Gasteiger partial charge in [-0.1, -0.05) is 46.1 Å². The molecule has 0 aromatic heterocycles. The molecule has 2 N–H and O–H groups in total. The van der Waals surface area contributed by atoms with Gasteiger partial charge in [0.1, 0.15) is 0 Å². The number of carbonyl (C=O) groups is 2. The lowest BCUT2D eigenvalue weighted by Gasteiger charge is -2.57. The number of aliphatic hydroxyl groups is 1. The van der Waals surface area contributed by atoms with Crippen molar-refractivity contribution in [1.29, 1.82) is 0 Å². The summed E-state index contributed by atoms with van der Waals surface area (Å²) >= 11 is 0. The Bertz CT molecular complexity index is 756. The number of aliphatic carboxylic acids is 1. The maximum Gasteiger partial charge on any atom is 0.306 e. The highest BCUT2D eigenvalue weighted by atomic mass is 16.4. The Labute approximate surface area is 187 Å². The minimum absolute atomic E-state index is 0.0931. The van der Waals surface area contributed by atoms with Gasteiger partial charge < -0.3 is 10.2 Å². The van der Waals surface area contributed by atoms with Gasteiger partial charge in [0.2, 0.25) is 0 Å². The second-order valence-corrected chi connectivity index (χ2v) is 12.0. The van der Waals surface area contributed by atoms with Crippen LogP contribution in [0, 0.1) is 46.3 Å². The summed E-state index contributed by atoms with van der Waals surface area (Å²) in [5.41, 5.74) is 1.54. The Hall–Kier alpha value is -1.16. The van der Waals surface area contributed by atoms with Crippen LogP contribution >= 0.6 is 0 Å². The molecule has 174 valence electrons. The van der Waals surface area contributed by atoms with E-state index in [1.165, 1.54) is 18.4 Å². The number of hydrogen-bond acceptors (Lipinski definition) is 3. The highest BCUT2D eigenvalue weighted by Crippen LogP contribution is 2.66. The van der Waals surface area contributed by atoms with Crippen LogP contribution in [0.25, 0.3) is 0 Å². The van der Waals surface area contributed by atoms with Crippen LogP contribution in [-0.2, 0) is 9.59 Å². The Morgan fingerprint density at radius 3 is 2.55 bits per heavy atom. The smallest absolute Gasteiger partial charge is 0.306 e. The van der Waals surface area contributed by atoms with Gasteiger partial charge in [-0.2, -0.15) is 0 Å². The van der Waals surface area contributed by atoms with E-state index in [9.17, 15) is 14.7 Å². The molecule has 3 unspecified atom stereocenters. The SMILES string of the molecule is CC(CCCC(C)[C@H]1CC[C@H]2[C@@H]3C(=O)C=C4CC(O)CC[C@]4(C)[C@H]3CC[C@]12C)C(=O)O. The van der Waals surface area contributed by atoms with Crippen molar-refractivity contribution in [1.82, 2.24) is 0 Å². The largest absolute Gasteiger partial charge is 0.481 e. The van der Waals surface area contributed by atoms with E-state index in [2.05, 4.69) is 20.8 Å². The zero-order chi connectivity index (χ0) is 22.6. The Morgan fingerprint density at radius 1 is 1.10 bits per heavy atom. The van der Waals surface area contributed by atoms with Crippen LogP contribution in [-0.4, -0.2) is 28.1 Å². The lowest BCUT2D eigenvalue weighted by atomic mass is 9.46. The van der Waals surface area contributed by atoms with Crippen LogP contribution in [0.15, 0.2) is 11.6 Å². The van der Waals surface area contributed by atoms with Crippen molar-refractivity contribution in [3.05, 3.63) is 11.6 Å². The molecule has 0 saturated heterocycles. The number of carboxylic acid groups (broad SMARTS) is 1. The number of aliphatic hydroxyl groups excluding tert-OH is 1. The maximum atomic E-state index is 13.4. The topological polar surface area (TPSA) is 74.6 Å². The first-order valence-electron chi connectivity index (χ1n) is 12.7. The number of allylic oxidation sites excluding steroid dienone is 1. The highest BCUT2D eigenvalue weighted by molar-refractivity contribution is 5.94. The quantitative estimate of drug-likeness (QED) is 0.572. The first kappa shape index (κ1) is 23.0. The Kier molecular flexibility index (Phi) is 6.17. The standard InChI is InChI=1S/C27H42O4/c1-16(6-5-7-17(2)25(30)31)20-8-9-21-24-22(11-13-27(20,21)4)26(3)12-10-19(28)14-18(26)15-23(24)29/h15-17,19-22,24,28H,5-14H2,1-4H3,(H,30,31)/t16?,17?,19?,20-,21+,22+,24+,26+,27-/m1/s1. The molecule has 3 saturated carbocycles. The van der Waals surface area contributed by atoms with Gasteiger partial charge in [0.25, 0.3) is 0 Å². The molecular weight excluding hydrogens is 388 g/mol. The number of ketones is 1. The zero-order valence-corrected chi connectivity index (χ0v) is 19.9. The molecular formula is C27H42O4. The number of fused-ring (bicyclic) bond motifs is 5. The third-order valence-corrected chi connectivity index (χ3v) is 10.4. The average Bonchev–Trinajstić information content (AvgIpc) is 3.06. The predicted molar refractivity (Wildman–Crippen MR) is 121 cm³/mol. The first-order valence-corrected chi connectivity index (χ1v) is 12.7. The molecule has 4 aliphatic rings. The first-order chi connectivity index (χ1) is 14.6. The maximum absolute atomic E-state index is 13.4. The summed E-state index contributed by atoms with van der Waals surface area (Å²) in [5.74, 6) is 1.69. The van der Waals surface area contributed by atoms with Crippen LogP contribution < -0.4 is 0 Å². The highest BCUT2D eigenvalue weighted by Gasteiger charge is 2.61. The number of carbonyl (C=O) groups excluding carboxylic acids is 1. The molecule has 4 rings (SSSR count). The van der Waals surface area contributed by atoms with E-state index in [0.717, 1.165) is 44.9 Å². The van der Waals surface area contributed by atoms with Gasteiger partial charge in [-0.05, 0) is 91.9 Å². The van der Waals surface area contributed by atoms with Gasteiger partial charge in [0.15, 0.2) is 5.78 Å². The number of carboxylic acids is 1. The Balaban J connectivity index is 1.49. The molecule has 3 fully saturated rings. The third-order valence-electron chi connectivity index (χ3n) is 10.4. The predicted octanol–water partition coefficient (Wildman–Crippen LogP) is 5.63. The molecule has 31 heavy (non-hydrogen) atoms. The molecule has 4 aliphatic carbocycles. The normalized spacial score (nSPS) is 44.0. The van der Waals surface area contributed by atoms with Gasteiger partial charge in [0.05, 0.1) is 12.0 Å². The Morgan fingerprint density at radius 2 is 1.84 bits per heavy atom. The van der Waals surface area contributed by atoms with Crippen molar-refractivity contribution >= 4 is 11.8 Å². The van der Waals surface area contributed by atoms with Gasteiger partial charge >= 0.3 is 5.97 Å². The summed E-state index contributed by atoms with van der Waals surface area (Å²) in [6.07, 6.45) is 11.7. The van der Waals surface area contributed by atoms with E-state index in [-0.39, 0.29) is 28.8 Å². The summed E-state index contributed by atoms with van der Waals surface area (Å²) in [6, 6.07) is 0. The molecule has 0 aromatic rings. The molecule has 0 heterocycles. The minimum Gasteiger partial charge on any atom is -0.481 e. The number of rotatable bonds is 6. The molecule has 4 nitrogen and oxygen atoms in total. The average molecular weight is 431 g/mol. The molecule has 0 aliphatic heterocycles. The van der Waals surface area contributed by atoms with Crippen molar-refractivity contribution in [2.75, 3.05) is 0 Å².